The topological polar surface area (TPSA) is 33.4 Å². The molecule has 2 nitrogen and oxygen atoms in total. The average molecular weight is 126 g/mol. The zero-order valence-corrected chi connectivity index (χ0v) is 5.59. The Morgan fingerprint density at radius 2 is 2.22 bits per heavy atom. The molecule has 0 saturated carbocycles. The summed E-state index contributed by atoms with van der Waals surface area (Å²) >= 11 is 0. The Balaban J connectivity index is 2.90. The lowest BCUT2D eigenvalue weighted by atomic mass is 10.0. The van der Waals surface area contributed by atoms with E-state index in [4.69, 9.17) is 4.42 Å². The minimum Gasteiger partial charge on any atom is -0.472 e. The van der Waals surface area contributed by atoms with E-state index in [1.54, 1.807) is 32.4 Å². The van der Waals surface area contributed by atoms with Crippen LogP contribution in [0.15, 0.2) is 23.0 Å². The summed E-state index contributed by atoms with van der Waals surface area (Å²) < 4.78 is 4.78. The summed E-state index contributed by atoms with van der Waals surface area (Å²) in [6.45, 7) is 3.44. The van der Waals surface area contributed by atoms with Gasteiger partial charge in [0, 0.05) is 5.56 Å². The van der Waals surface area contributed by atoms with Gasteiger partial charge in [-0.05, 0) is 19.9 Å². The first-order valence-corrected chi connectivity index (χ1v) is 2.86. The van der Waals surface area contributed by atoms with Crippen LogP contribution in [0.5, 0.6) is 0 Å². The van der Waals surface area contributed by atoms with Crippen molar-refractivity contribution in [2.75, 3.05) is 0 Å². The van der Waals surface area contributed by atoms with Gasteiger partial charge in [0.15, 0.2) is 0 Å². The Morgan fingerprint density at radius 3 is 2.44 bits per heavy atom. The lowest BCUT2D eigenvalue weighted by molar-refractivity contribution is 0.0779. The molecule has 1 heterocycles. The van der Waals surface area contributed by atoms with E-state index in [0.29, 0.717) is 0 Å². The largest absolute Gasteiger partial charge is 0.472 e. The van der Waals surface area contributed by atoms with E-state index in [1.165, 1.54) is 0 Å². The van der Waals surface area contributed by atoms with Gasteiger partial charge in [0.25, 0.3) is 0 Å². The Morgan fingerprint density at radius 1 is 1.56 bits per heavy atom. The third kappa shape index (κ3) is 1.33. The van der Waals surface area contributed by atoms with Crippen molar-refractivity contribution in [2.24, 2.45) is 0 Å². The highest BCUT2D eigenvalue weighted by Crippen LogP contribution is 2.18. The van der Waals surface area contributed by atoms with Gasteiger partial charge in [-0.25, -0.2) is 0 Å². The highest BCUT2D eigenvalue weighted by Gasteiger charge is 2.15. The molecule has 0 radical (unpaired) electrons. The Hall–Kier alpha value is -0.760. The van der Waals surface area contributed by atoms with Crippen LogP contribution in [0.2, 0.25) is 0 Å². The van der Waals surface area contributed by atoms with Crippen LogP contribution in [-0.2, 0) is 5.60 Å². The molecular formula is C7H10O2. The molecule has 1 aromatic heterocycles. The lowest BCUT2D eigenvalue weighted by Gasteiger charge is -2.13. The number of hydrogen-bond donors (Lipinski definition) is 1. The maximum absolute atomic E-state index is 9.32. The van der Waals surface area contributed by atoms with E-state index in [2.05, 4.69) is 0 Å². The van der Waals surface area contributed by atoms with Crippen LogP contribution in [0, 0.1) is 0 Å². The van der Waals surface area contributed by atoms with Crippen LogP contribution in [0.3, 0.4) is 0 Å². The van der Waals surface area contributed by atoms with Crippen LogP contribution >= 0.6 is 0 Å². The molecule has 0 amide bonds. The fourth-order valence-corrected chi connectivity index (χ4v) is 0.613. The van der Waals surface area contributed by atoms with Crippen molar-refractivity contribution in [1.82, 2.24) is 0 Å². The van der Waals surface area contributed by atoms with Crippen molar-refractivity contribution >= 4 is 0 Å². The van der Waals surface area contributed by atoms with E-state index >= 15 is 0 Å². The van der Waals surface area contributed by atoms with Crippen molar-refractivity contribution in [1.29, 1.82) is 0 Å². The minimum atomic E-state index is -0.771. The van der Waals surface area contributed by atoms with Gasteiger partial charge in [0.2, 0.25) is 0 Å². The second-order valence-corrected chi connectivity index (χ2v) is 2.57. The molecular weight excluding hydrogens is 116 g/mol. The predicted octanol–water partition coefficient (Wildman–Crippen LogP) is 1.51. The average Bonchev–Trinajstić information content (AvgIpc) is 2.08. The van der Waals surface area contributed by atoms with Crippen LogP contribution in [0.4, 0.5) is 0 Å². The first kappa shape index (κ1) is 6.36. The summed E-state index contributed by atoms with van der Waals surface area (Å²) in [7, 11) is 0. The van der Waals surface area contributed by atoms with E-state index < -0.39 is 5.60 Å². The van der Waals surface area contributed by atoms with Gasteiger partial charge >= 0.3 is 0 Å². The van der Waals surface area contributed by atoms with Crippen LogP contribution in [0.1, 0.15) is 19.4 Å². The number of hydrogen-bond acceptors (Lipinski definition) is 2. The maximum Gasteiger partial charge on any atom is 0.0963 e. The van der Waals surface area contributed by atoms with Crippen molar-refractivity contribution in [3.05, 3.63) is 24.2 Å². The Kier molecular flexibility index (Phi) is 1.33. The van der Waals surface area contributed by atoms with Crippen molar-refractivity contribution in [2.45, 2.75) is 19.4 Å². The number of furan rings is 1. The number of aliphatic hydroxyl groups is 1. The highest BCUT2D eigenvalue weighted by molar-refractivity contribution is 5.12. The fourth-order valence-electron chi connectivity index (χ4n) is 0.613. The normalized spacial score (nSPS) is 11.9. The summed E-state index contributed by atoms with van der Waals surface area (Å²) in [5.74, 6) is 0. The standard InChI is InChI=1S/C7H10O2/c1-7(2,8)6-3-4-9-5-6/h3-5,8H,1-2H3. The molecule has 0 aliphatic rings. The molecule has 1 aromatic rings. The third-order valence-corrected chi connectivity index (χ3v) is 1.23. The summed E-state index contributed by atoms with van der Waals surface area (Å²) in [5, 5.41) is 9.32. The molecule has 0 bridgehead atoms. The zero-order valence-electron chi connectivity index (χ0n) is 5.59. The molecule has 0 fully saturated rings. The second-order valence-electron chi connectivity index (χ2n) is 2.57. The summed E-state index contributed by atoms with van der Waals surface area (Å²) in [6, 6.07) is 1.75. The van der Waals surface area contributed by atoms with Crippen molar-refractivity contribution < 1.29 is 9.52 Å². The molecule has 0 unspecified atom stereocenters. The van der Waals surface area contributed by atoms with Crippen LogP contribution < -0.4 is 0 Å². The molecule has 0 aliphatic carbocycles. The maximum atomic E-state index is 9.32. The first-order valence-electron chi connectivity index (χ1n) is 2.86. The summed E-state index contributed by atoms with van der Waals surface area (Å²) in [5.41, 5.74) is 0.0370. The van der Waals surface area contributed by atoms with Gasteiger partial charge in [-0.1, -0.05) is 0 Å². The van der Waals surface area contributed by atoms with E-state index in [9.17, 15) is 5.11 Å². The minimum absolute atomic E-state index is 0.771. The van der Waals surface area contributed by atoms with Gasteiger partial charge in [0.05, 0.1) is 18.1 Å². The Labute approximate surface area is 54.1 Å². The van der Waals surface area contributed by atoms with Crippen LogP contribution in [-0.4, -0.2) is 5.11 Å². The summed E-state index contributed by atoms with van der Waals surface area (Å²) in [4.78, 5) is 0. The molecule has 0 aliphatic heterocycles. The molecule has 50 valence electrons. The Bertz CT molecular complexity index is 169. The van der Waals surface area contributed by atoms with E-state index in [-0.39, 0.29) is 0 Å². The lowest BCUT2D eigenvalue weighted by Crippen LogP contribution is -2.13. The van der Waals surface area contributed by atoms with Crippen LogP contribution in [0.25, 0.3) is 0 Å². The van der Waals surface area contributed by atoms with Crippen molar-refractivity contribution in [3.8, 4) is 0 Å². The van der Waals surface area contributed by atoms with Crippen molar-refractivity contribution in [3.63, 3.8) is 0 Å². The SMILES string of the molecule is CC(C)(O)c1ccoc1. The number of rotatable bonds is 1. The molecule has 0 aromatic carbocycles. The predicted molar refractivity (Wildman–Crippen MR) is 34.0 cm³/mol. The van der Waals surface area contributed by atoms with Gasteiger partial charge < -0.3 is 9.52 Å². The zero-order chi connectivity index (χ0) is 6.91. The molecule has 1 N–H and O–H groups in total. The smallest absolute Gasteiger partial charge is 0.0963 e. The van der Waals surface area contributed by atoms with Gasteiger partial charge in [-0.15, -0.1) is 0 Å². The second kappa shape index (κ2) is 1.88. The molecule has 0 saturated heterocycles. The van der Waals surface area contributed by atoms with E-state index in [0.717, 1.165) is 5.56 Å². The molecule has 0 spiro atoms. The fraction of sp³-hybridized carbons (Fsp3) is 0.429. The van der Waals surface area contributed by atoms with Gasteiger partial charge in [-0.2, -0.15) is 0 Å². The third-order valence-electron chi connectivity index (χ3n) is 1.23. The quantitative estimate of drug-likeness (QED) is 0.618. The van der Waals surface area contributed by atoms with Gasteiger partial charge in [0.1, 0.15) is 0 Å². The summed E-state index contributed by atoms with van der Waals surface area (Å²) in [6.07, 6.45) is 3.09. The monoisotopic (exact) mass is 126 g/mol. The first-order chi connectivity index (χ1) is 4.11. The van der Waals surface area contributed by atoms with E-state index in [1.807, 2.05) is 0 Å². The molecule has 2 heteroatoms. The molecule has 1 rings (SSSR count). The van der Waals surface area contributed by atoms with Gasteiger partial charge in [-0.3, -0.25) is 0 Å². The molecule has 0 atom stereocenters. The highest BCUT2D eigenvalue weighted by atomic mass is 16.3. The molecule has 9 heavy (non-hydrogen) atoms.